The molecular formula is C11H21N. The van der Waals surface area contributed by atoms with Gasteiger partial charge in [0, 0.05) is 11.4 Å². The van der Waals surface area contributed by atoms with Crippen molar-refractivity contribution < 1.29 is 0 Å². The smallest absolute Gasteiger partial charge is 0.0300 e. The van der Waals surface area contributed by atoms with Gasteiger partial charge in [0.15, 0.2) is 0 Å². The zero-order valence-corrected chi connectivity index (χ0v) is 9.02. The maximum Gasteiger partial charge on any atom is 0.0300 e. The zero-order chi connectivity index (χ0) is 9.72. The van der Waals surface area contributed by atoms with Crippen LogP contribution in [0.25, 0.3) is 0 Å². The van der Waals surface area contributed by atoms with Crippen molar-refractivity contribution in [1.82, 2.24) is 0 Å². The van der Waals surface area contributed by atoms with Gasteiger partial charge in [-0.15, -0.1) is 0 Å². The van der Waals surface area contributed by atoms with E-state index in [1.54, 1.807) is 0 Å². The average Bonchev–Trinajstić information content (AvgIpc) is 1.98. The lowest BCUT2D eigenvalue weighted by Gasteiger charge is -2.16. The van der Waals surface area contributed by atoms with Crippen LogP contribution in [0.2, 0.25) is 0 Å². The Kier molecular flexibility index (Phi) is 4.87. The van der Waals surface area contributed by atoms with Gasteiger partial charge in [-0.25, -0.2) is 0 Å². The fourth-order valence-corrected chi connectivity index (χ4v) is 1.24. The third-order valence-corrected chi connectivity index (χ3v) is 2.03. The van der Waals surface area contributed by atoms with Crippen LogP contribution in [0, 0.1) is 11.8 Å². The molecule has 0 aliphatic rings. The van der Waals surface area contributed by atoms with Crippen molar-refractivity contribution in [1.29, 1.82) is 0 Å². The molecular weight excluding hydrogens is 146 g/mol. The van der Waals surface area contributed by atoms with E-state index in [2.05, 4.69) is 39.3 Å². The minimum Gasteiger partial charge on any atom is -0.263 e. The van der Waals surface area contributed by atoms with Gasteiger partial charge in [0.1, 0.15) is 0 Å². The van der Waals surface area contributed by atoms with Crippen molar-refractivity contribution in [2.24, 2.45) is 16.8 Å². The van der Waals surface area contributed by atoms with Gasteiger partial charge in [-0.05, 0) is 25.2 Å². The summed E-state index contributed by atoms with van der Waals surface area (Å²) in [7, 11) is 0. The third-order valence-electron chi connectivity index (χ3n) is 2.03. The number of rotatable bonds is 4. The Morgan fingerprint density at radius 3 is 2.08 bits per heavy atom. The Bertz CT molecular complexity index is 177. The molecule has 1 unspecified atom stereocenters. The topological polar surface area (TPSA) is 12.4 Å². The Morgan fingerprint density at radius 1 is 1.33 bits per heavy atom. The number of hydrogen-bond acceptors (Lipinski definition) is 1. The Labute approximate surface area is 76.6 Å². The Hall–Kier alpha value is -0.590. The van der Waals surface area contributed by atoms with Crippen molar-refractivity contribution in [3.63, 3.8) is 0 Å². The van der Waals surface area contributed by atoms with E-state index in [4.69, 9.17) is 0 Å². The van der Waals surface area contributed by atoms with Crippen LogP contribution in [0.15, 0.2) is 17.3 Å². The highest BCUT2D eigenvalue weighted by atomic mass is 14.8. The molecule has 0 aliphatic heterocycles. The third kappa shape index (κ3) is 3.70. The number of nitrogens with zero attached hydrogens (tertiary/aromatic N) is 1. The molecule has 1 heteroatoms. The molecule has 1 atom stereocenters. The summed E-state index contributed by atoms with van der Waals surface area (Å²) in [5.74, 6) is 1.12. The van der Waals surface area contributed by atoms with E-state index in [9.17, 15) is 0 Å². The molecule has 0 radical (unpaired) electrons. The molecule has 1 nitrogen and oxygen atoms in total. The van der Waals surface area contributed by atoms with Gasteiger partial charge in [-0.3, -0.25) is 4.99 Å². The molecule has 0 fully saturated rings. The highest BCUT2D eigenvalue weighted by molar-refractivity contribution is 5.88. The van der Waals surface area contributed by atoms with E-state index in [-0.39, 0.29) is 0 Å². The molecule has 0 saturated carbocycles. The first kappa shape index (κ1) is 11.4. The standard InChI is InChI=1S/C11H21N/c1-7-10(6)11(8(2)3)12-9(4)5/h8,10H,4,7H2,1-3,5-6H3/b12-11-. The maximum atomic E-state index is 4.47. The summed E-state index contributed by atoms with van der Waals surface area (Å²) < 4.78 is 0. The number of aliphatic imine (C=N–C) groups is 1. The van der Waals surface area contributed by atoms with E-state index in [0.29, 0.717) is 11.8 Å². The SMILES string of the molecule is C=C(C)/N=C(/C(C)C)C(C)CC. The van der Waals surface area contributed by atoms with Crippen molar-refractivity contribution in [2.45, 2.75) is 41.0 Å². The first-order chi connectivity index (χ1) is 5.49. The fraction of sp³-hybridized carbons (Fsp3) is 0.727. The molecule has 0 bridgehead atoms. The summed E-state index contributed by atoms with van der Waals surface area (Å²) in [5, 5.41) is 0. The summed E-state index contributed by atoms with van der Waals surface area (Å²) in [6, 6.07) is 0. The average molecular weight is 167 g/mol. The van der Waals surface area contributed by atoms with Crippen LogP contribution in [0.4, 0.5) is 0 Å². The van der Waals surface area contributed by atoms with Gasteiger partial charge in [0.25, 0.3) is 0 Å². The molecule has 12 heavy (non-hydrogen) atoms. The lowest BCUT2D eigenvalue weighted by Crippen LogP contribution is -2.16. The van der Waals surface area contributed by atoms with Crippen LogP contribution in [-0.4, -0.2) is 5.71 Å². The summed E-state index contributed by atoms with van der Waals surface area (Å²) >= 11 is 0. The van der Waals surface area contributed by atoms with Crippen molar-refractivity contribution in [2.75, 3.05) is 0 Å². The predicted molar refractivity (Wildman–Crippen MR) is 56.5 cm³/mol. The second-order valence-electron chi connectivity index (χ2n) is 3.74. The molecule has 0 aromatic heterocycles. The predicted octanol–water partition coefficient (Wildman–Crippen LogP) is 3.66. The summed E-state index contributed by atoms with van der Waals surface area (Å²) in [5.41, 5.74) is 2.20. The van der Waals surface area contributed by atoms with Gasteiger partial charge in [0.05, 0.1) is 0 Å². The molecule has 70 valence electrons. The van der Waals surface area contributed by atoms with Crippen LogP contribution >= 0.6 is 0 Å². The molecule has 0 rings (SSSR count). The molecule has 0 aromatic rings. The van der Waals surface area contributed by atoms with Gasteiger partial charge in [-0.2, -0.15) is 0 Å². The fourth-order valence-electron chi connectivity index (χ4n) is 1.24. The van der Waals surface area contributed by atoms with Gasteiger partial charge >= 0.3 is 0 Å². The van der Waals surface area contributed by atoms with Crippen LogP contribution in [0.3, 0.4) is 0 Å². The number of hydrogen-bond donors (Lipinski definition) is 0. The summed E-state index contributed by atoms with van der Waals surface area (Å²) in [6.45, 7) is 14.6. The van der Waals surface area contributed by atoms with E-state index >= 15 is 0 Å². The zero-order valence-electron chi connectivity index (χ0n) is 9.02. The minimum absolute atomic E-state index is 0.539. The monoisotopic (exact) mass is 167 g/mol. The minimum atomic E-state index is 0.539. The Morgan fingerprint density at radius 2 is 1.83 bits per heavy atom. The highest BCUT2D eigenvalue weighted by Gasteiger charge is 2.11. The quantitative estimate of drug-likeness (QED) is 0.567. The van der Waals surface area contributed by atoms with Gasteiger partial charge in [0.2, 0.25) is 0 Å². The van der Waals surface area contributed by atoms with Crippen molar-refractivity contribution in [3.8, 4) is 0 Å². The molecule has 0 N–H and O–H groups in total. The lowest BCUT2D eigenvalue weighted by molar-refractivity contribution is 0.683. The van der Waals surface area contributed by atoms with E-state index in [0.717, 1.165) is 12.1 Å². The largest absolute Gasteiger partial charge is 0.263 e. The second kappa shape index (κ2) is 5.13. The van der Waals surface area contributed by atoms with Crippen LogP contribution in [0.5, 0.6) is 0 Å². The molecule has 0 aromatic carbocycles. The second-order valence-corrected chi connectivity index (χ2v) is 3.74. The van der Waals surface area contributed by atoms with E-state index < -0.39 is 0 Å². The van der Waals surface area contributed by atoms with Crippen LogP contribution < -0.4 is 0 Å². The first-order valence-corrected chi connectivity index (χ1v) is 4.73. The van der Waals surface area contributed by atoms with E-state index in [1.807, 2.05) is 6.92 Å². The molecule has 0 amide bonds. The van der Waals surface area contributed by atoms with Crippen LogP contribution in [-0.2, 0) is 0 Å². The molecule has 0 spiro atoms. The van der Waals surface area contributed by atoms with Crippen molar-refractivity contribution >= 4 is 5.71 Å². The highest BCUT2D eigenvalue weighted by Crippen LogP contribution is 2.13. The lowest BCUT2D eigenvalue weighted by atomic mass is 9.93. The maximum absolute atomic E-state index is 4.47. The van der Waals surface area contributed by atoms with Crippen molar-refractivity contribution in [3.05, 3.63) is 12.3 Å². The molecule has 0 heterocycles. The van der Waals surface area contributed by atoms with E-state index in [1.165, 1.54) is 5.71 Å². The van der Waals surface area contributed by atoms with Crippen LogP contribution in [0.1, 0.15) is 41.0 Å². The normalized spacial score (nSPS) is 15.0. The van der Waals surface area contributed by atoms with Gasteiger partial charge < -0.3 is 0 Å². The summed E-state index contributed by atoms with van der Waals surface area (Å²) in [6.07, 6.45) is 1.16. The molecule has 0 aliphatic carbocycles. The number of allylic oxidation sites excluding steroid dienone is 1. The molecule has 0 saturated heterocycles. The Balaban J connectivity index is 4.54. The summed E-state index contributed by atoms with van der Waals surface area (Å²) in [4.78, 5) is 4.47. The first-order valence-electron chi connectivity index (χ1n) is 4.73. The van der Waals surface area contributed by atoms with Gasteiger partial charge in [-0.1, -0.05) is 34.3 Å².